The van der Waals surface area contributed by atoms with Crippen molar-refractivity contribution in [3.8, 4) is 22.6 Å². The van der Waals surface area contributed by atoms with Gasteiger partial charge in [-0.25, -0.2) is 9.50 Å². The Kier molecular flexibility index (Phi) is 3.96. The molecule has 0 saturated heterocycles. The molecule has 5 nitrogen and oxygen atoms in total. The highest BCUT2D eigenvalue weighted by molar-refractivity contribution is 6.33. The van der Waals surface area contributed by atoms with Crippen LogP contribution in [0, 0.1) is 0 Å². The number of aromatic nitrogens is 4. The van der Waals surface area contributed by atoms with Gasteiger partial charge >= 0.3 is 0 Å². The Morgan fingerprint density at radius 1 is 0.962 bits per heavy atom. The van der Waals surface area contributed by atoms with Crippen molar-refractivity contribution in [2.45, 2.75) is 26.3 Å². The number of aromatic amines is 1. The number of hydrogen-bond donors (Lipinski definition) is 2. The maximum Gasteiger partial charge on any atom is 0.253 e. The summed E-state index contributed by atoms with van der Waals surface area (Å²) in [5.74, 6) is 2.22. The van der Waals surface area contributed by atoms with E-state index < -0.39 is 0 Å². The minimum atomic E-state index is -0.149. The summed E-state index contributed by atoms with van der Waals surface area (Å²) >= 11 is 6.42. The van der Waals surface area contributed by atoms with Gasteiger partial charge in [0.05, 0.1) is 5.02 Å². The second-order valence-electron chi connectivity index (χ2n) is 7.24. The lowest BCUT2D eigenvalue weighted by molar-refractivity contribution is 0.627. The Morgan fingerprint density at radius 3 is 2.35 bits per heavy atom. The Hall–Kier alpha value is -2.79. The fraction of sp³-hybridized carbons (Fsp3) is 0.200. The summed E-state index contributed by atoms with van der Waals surface area (Å²) in [7, 11) is 0. The van der Waals surface area contributed by atoms with Gasteiger partial charge < -0.3 is 5.32 Å². The van der Waals surface area contributed by atoms with Crippen LogP contribution < -0.4 is 5.32 Å². The molecule has 4 rings (SSSR count). The van der Waals surface area contributed by atoms with Crippen LogP contribution >= 0.6 is 11.6 Å². The van der Waals surface area contributed by atoms with E-state index in [4.69, 9.17) is 16.6 Å². The first-order chi connectivity index (χ1) is 12.4. The Morgan fingerprint density at radius 2 is 1.65 bits per heavy atom. The second-order valence-corrected chi connectivity index (χ2v) is 7.64. The number of hydrogen-bond acceptors (Lipinski definition) is 3. The third-order valence-electron chi connectivity index (χ3n) is 3.96. The van der Waals surface area contributed by atoms with Gasteiger partial charge in [-0.05, 0) is 26.8 Å². The standard InChI is InChI=1S/C20H20ClN5/c1-20(2,3)24-18-16(14-11-7-8-12-15(14)21)22-19-23-17(25-26(18)19)13-9-5-4-6-10-13/h4-12,24H,1-3H3,(H,22,23,25). The van der Waals surface area contributed by atoms with E-state index in [1.165, 1.54) is 0 Å². The van der Waals surface area contributed by atoms with E-state index in [1.807, 2.05) is 59.1 Å². The molecule has 0 amide bonds. The lowest BCUT2D eigenvalue weighted by atomic mass is 10.1. The van der Waals surface area contributed by atoms with Gasteiger partial charge in [-0.3, -0.25) is 5.10 Å². The predicted octanol–water partition coefficient (Wildman–Crippen LogP) is 5.26. The van der Waals surface area contributed by atoms with Crippen molar-refractivity contribution in [2.75, 3.05) is 5.32 Å². The minimum absolute atomic E-state index is 0.149. The number of anilines is 1. The van der Waals surface area contributed by atoms with Crippen LogP contribution in [0.15, 0.2) is 54.6 Å². The molecule has 2 N–H and O–H groups in total. The highest BCUT2D eigenvalue weighted by Gasteiger charge is 2.23. The zero-order valence-corrected chi connectivity index (χ0v) is 15.7. The van der Waals surface area contributed by atoms with Crippen LogP contribution in [0.2, 0.25) is 5.02 Å². The van der Waals surface area contributed by atoms with Crippen molar-refractivity contribution in [3.63, 3.8) is 0 Å². The third-order valence-corrected chi connectivity index (χ3v) is 4.29. The quantitative estimate of drug-likeness (QED) is 0.521. The fourth-order valence-electron chi connectivity index (χ4n) is 2.86. The molecule has 2 heterocycles. The number of H-pyrrole nitrogens is 1. The highest BCUT2D eigenvalue weighted by Crippen LogP contribution is 2.34. The zero-order valence-electron chi connectivity index (χ0n) is 14.9. The molecule has 4 aromatic rings. The molecule has 26 heavy (non-hydrogen) atoms. The molecule has 0 aliphatic heterocycles. The van der Waals surface area contributed by atoms with E-state index in [0.29, 0.717) is 10.8 Å². The monoisotopic (exact) mass is 365 g/mol. The second kappa shape index (κ2) is 6.18. The van der Waals surface area contributed by atoms with Gasteiger partial charge in [-0.1, -0.05) is 60.1 Å². The van der Waals surface area contributed by atoms with Crippen LogP contribution in [0.25, 0.3) is 28.4 Å². The molecule has 0 bridgehead atoms. The number of halogens is 1. The maximum absolute atomic E-state index is 6.42. The summed E-state index contributed by atoms with van der Waals surface area (Å²) in [6.07, 6.45) is 0. The van der Waals surface area contributed by atoms with Gasteiger partial charge in [0.15, 0.2) is 11.6 Å². The Labute approximate surface area is 157 Å². The van der Waals surface area contributed by atoms with Crippen LogP contribution in [0.4, 0.5) is 5.82 Å². The number of rotatable bonds is 3. The van der Waals surface area contributed by atoms with Crippen molar-refractivity contribution in [1.82, 2.24) is 19.6 Å². The topological polar surface area (TPSA) is 58.0 Å². The molecule has 0 fully saturated rings. The summed E-state index contributed by atoms with van der Waals surface area (Å²) in [6, 6.07) is 17.7. The smallest absolute Gasteiger partial charge is 0.253 e. The number of imidazole rings is 1. The van der Waals surface area contributed by atoms with Gasteiger partial charge in [0, 0.05) is 16.7 Å². The average Bonchev–Trinajstić information content (AvgIpc) is 3.15. The summed E-state index contributed by atoms with van der Waals surface area (Å²) < 4.78 is 1.88. The van der Waals surface area contributed by atoms with E-state index in [1.54, 1.807) is 0 Å². The Bertz CT molecular complexity index is 1060. The van der Waals surface area contributed by atoms with E-state index in [-0.39, 0.29) is 5.54 Å². The maximum atomic E-state index is 6.42. The molecule has 2 aromatic heterocycles. The van der Waals surface area contributed by atoms with Crippen LogP contribution in [0.5, 0.6) is 0 Å². The lowest BCUT2D eigenvalue weighted by Gasteiger charge is -2.22. The minimum Gasteiger partial charge on any atom is -0.364 e. The highest BCUT2D eigenvalue weighted by atomic mass is 35.5. The van der Waals surface area contributed by atoms with E-state index >= 15 is 0 Å². The summed E-state index contributed by atoms with van der Waals surface area (Å²) in [4.78, 5) is 9.41. The van der Waals surface area contributed by atoms with Crippen molar-refractivity contribution < 1.29 is 0 Å². The van der Waals surface area contributed by atoms with Crippen molar-refractivity contribution in [1.29, 1.82) is 0 Å². The molecule has 0 radical (unpaired) electrons. The van der Waals surface area contributed by atoms with Crippen LogP contribution in [0.1, 0.15) is 20.8 Å². The molecular weight excluding hydrogens is 346 g/mol. The number of fused-ring (bicyclic) bond motifs is 1. The molecule has 2 aromatic carbocycles. The molecule has 0 aliphatic carbocycles. The molecule has 0 unspecified atom stereocenters. The number of benzene rings is 2. The van der Waals surface area contributed by atoms with Gasteiger partial charge in [0.2, 0.25) is 0 Å². The molecule has 0 spiro atoms. The fourth-order valence-corrected chi connectivity index (χ4v) is 3.08. The van der Waals surface area contributed by atoms with E-state index in [9.17, 15) is 0 Å². The zero-order chi connectivity index (χ0) is 18.3. The van der Waals surface area contributed by atoms with Crippen LogP contribution in [-0.2, 0) is 0 Å². The van der Waals surface area contributed by atoms with Crippen molar-refractivity contribution in [2.24, 2.45) is 0 Å². The summed E-state index contributed by atoms with van der Waals surface area (Å²) in [6.45, 7) is 6.33. The third kappa shape index (κ3) is 3.06. The van der Waals surface area contributed by atoms with Crippen LogP contribution in [-0.4, -0.2) is 25.1 Å². The van der Waals surface area contributed by atoms with Gasteiger partial charge in [0.25, 0.3) is 5.78 Å². The van der Waals surface area contributed by atoms with Gasteiger partial charge in [-0.15, -0.1) is 0 Å². The van der Waals surface area contributed by atoms with E-state index in [0.717, 1.165) is 28.5 Å². The molecule has 132 valence electrons. The Balaban J connectivity index is 1.91. The molecule has 0 atom stereocenters. The predicted molar refractivity (Wildman–Crippen MR) is 107 cm³/mol. The first-order valence-electron chi connectivity index (χ1n) is 8.49. The first-order valence-corrected chi connectivity index (χ1v) is 8.87. The SMILES string of the molecule is CC(C)(C)Nc1c(-c2ccccc2Cl)nc2nc(-c3ccccc3)[nH]n12. The lowest BCUT2D eigenvalue weighted by Crippen LogP contribution is -2.27. The largest absolute Gasteiger partial charge is 0.364 e. The van der Waals surface area contributed by atoms with Crippen molar-refractivity contribution >= 4 is 23.2 Å². The number of nitrogens with one attached hydrogen (secondary N) is 2. The summed E-state index contributed by atoms with van der Waals surface area (Å²) in [5, 5.41) is 7.54. The molecule has 0 aliphatic rings. The number of nitrogens with zero attached hydrogens (tertiary/aromatic N) is 3. The van der Waals surface area contributed by atoms with Gasteiger partial charge in [0.1, 0.15) is 5.69 Å². The average molecular weight is 366 g/mol. The molecular formula is C20H20ClN5. The summed E-state index contributed by atoms with van der Waals surface area (Å²) in [5.41, 5.74) is 2.52. The van der Waals surface area contributed by atoms with Gasteiger partial charge in [-0.2, -0.15) is 4.98 Å². The molecule has 0 saturated carbocycles. The van der Waals surface area contributed by atoms with Crippen molar-refractivity contribution in [3.05, 3.63) is 59.6 Å². The normalized spacial score (nSPS) is 11.8. The molecule has 6 heteroatoms. The van der Waals surface area contributed by atoms with Crippen LogP contribution in [0.3, 0.4) is 0 Å². The first kappa shape index (κ1) is 16.7. The van der Waals surface area contributed by atoms with E-state index in [2.05, 4.69) is 36.2 Å².